The van der Waals surface area contributed by atoms with E-state index in [9.17, 15) is 4.79 Å². The van der Waals surface area contributed by atoms with Crippen molar-refractivity contribution in [2.24, 2.45) is 10.9 Å². The summed E-state index contributed by atoms with van der Waals surface area (Å²) in [5.74, 6) is 0.246. The van der Waals surface area contributed by atoms with Gasteiger partial charge in [-0.25, -0.2) is 4.98 Å². The van der Waals surface area contributed by atoms with Crippen molar-refractivity contribution in [1.29, 1.82) is 0 Å². The first-order valence-electron chi connectivity index (χ1n) is 13.4. The summed E-state index contributed by atoms with van der Waals surface area (Å²) in [6.45, 7) is 21.7. The molecule has 2 aliphatic heterocycles. The normalized spacial score (nSPS) is 22.6. The third kappa shape index (κ3) is 5.64. The molecule has 4 heterocycles. The Bertz CT molecular complexity index is 1370. The number of nitrogens with one attached hydrogen (secondary N) is 1. The Kier molecular flexibility index (Phi) is 7.10. The van der Waals surface area contributed by atoms with Crippen molar-refractivity contribution in [3.8, 4) is 0 Å². The van der Waals surface area contributed by atoms with Crippen LogP contribution in [-0.2, 0) is 0 Å². The summed E-state index contributed by atoms with van der Waals surface area (Å²) < 4.78 is 1.68. The van der Waals surface area contributed by atoms with Crippen molar-refractivity contribution < 1.29 is 0 Å². The molecule has 37 heavy (non-hydrogen) atoms. The molecular weight excluding hydrogens is 458 g/mol. The number of hydrogen-bond acceptors (Lipinski definition) is 5. The van der Waals surface area contributed by atoms with Gasteiger partial charge < -0.3 is 10.2 Å². The van der Waals surface area contributed by atoms with Crippen LogP contribution in [0.1, 0.15) is 79.0 Å². The van der Waals surface area contributed by atoms with E-state index in [1.165, 1.54) is 0 Å². The van der Waals surface area contributed by atoms with Gasteiger partial charge in [0.2, 0.25) is 0 Å². The van der Waals surface area contributed by atoms with E-state index in [1.54, 1.807) is 10.5 Å². The van der Waals surface area contributed by atoms with Crippen LogP contribution in [0.4, 0.5) is 5.69 Å². The Morgan fingerprint density at radius 2 is 1.86 bits per heavy atom. The van der Waals surface area contributed by atoms with Gasteiger partial charge in [-0.05, 0) is 89.7 Å². The number of rotatable bonds is 5. The lowest BCUT2D eigenvalue weighted by Crippen LogP contribution is -2.61. The van der Waals surface area contributed by atoms with Crippen LogP contribution in [0.3, 0.4) is 0 Å². The third-order valence-corrected chi connectivity index (χ3v) is 7.67. The SMILES string of the molecule is C=C(/C=C1/C(CC)=NC(C)=CC1C)c1cc(=O)n2cc(N(C)C3CC(C)(C)NC(C)(C)C3)cc(C)c2n1. The number of piperidine rings is 1. The number of aromatic nitrogens is 2. The minimum atomic E-state index is -0.0966. The molecule has 6 heteroatoms. The van der Waals surface area contributed by atoms with Gasteiger partial charge in [0, 0.05) is 53.8 Å². The first-order chi connectivity index (χ1) is 17.2. The average Bonchev–Trinajstić information content (AvgIpc) is 2.78. The van der Waals surface area contributed by atoms with E-state index >= 15 is 0 Å². The summed E-state index contributed by atoms with van der Waals surface area (Å²) in [5, 5.41) is 3.76. The summed E-state index contributed by atoms with van der Waals surface area (Å²) in [4.78, 5) is 25.3. The number of hydrogen-bond donors (Lipinski definition) is 1. The lowest BCUT2D eigenvalue weighted by Gasteiger charge is -2.49. The molecule has 1 atom stereocenters. The van der Waals surface area contributed by atoms with Crippen molar-refractivity contribution in [1.82, 2.24) is 14.7 Å². The Balaban J connectivity index is 1.69. The molecule has 4 rings (SSSR count). The average molecular weight is 502 g/mol. The van der Waals surface area contributed by atoms with Gasteiger partial charge in [0.15, 0.2) is 0 Å². The summed E-state index contributed by atoms with van der Waals surface area (Å²) in [5.41, 5.74) is 7.25. The molecule has 2 aliphatic rings. The topological polar surface area (TPSA) is 62.0 Å². The van der Waals surface area contributed by atoms with E-state index in [0.29, 0.717) is 17.4 Å². The minimum Gasteiger partial charge on any atom is -0.370 e. The summed E-state index contributed by atoms with van der Waals surface area (Å²) in [6.07, 6.45) is 9.05. The molecule has 0 aromatic carbocycles. The van der Waals surface area contributed by atoms with E-state index in [2.05, 4.69) is 77.5 Å². The van der Waals surface area contributed by atoms with Crippen molar-refractivity contribution >= 4 is 22.6 Å². The van der Waals surface area contributed by atoms with Gasteiger partial charge >= 0.3 is 0 Å². The summed E-state index contributed by atoms with van der Waals surface area (Å²) >= 11 is 0. The van der Waals surface area contributed by atoms with Crippen molar-refractivity contribution in [3.63, 3.8) is 0 Å². The van der Waals surface area contributed by atoms with Gasteiger partial charge in [-0.1, -0.05) is 26.5 Å². The first kappa shape index (κ1) is 27.1. The second-order valence-electron chi connectivity index (χ2n) is 12.3. The van der Waals surface area contributed by atoms with Gasteiger partial charge in [0.1, 0.15) is 5.65 Å². The second kappa shape index (κ2) is 9.71. The lowest BCUT2D eigenvalue weighted by molar-refractivity contribution is 0.161. The number of fused-ring (bicyclic) bond motifs is 1. The van der Waals surface area contributed by atoms with Crippen LogP contribution in [0, 0.1) is 12.8 Å². The number of allylic oxidation sites excluding steroid dienone is 5. The highest BCUT2D eigenvalue weighted by Crippen LogP contribution is 2.34. The maximum absolute atomic E-state index is 13.3. The maximum Gasteiger partial charge on any atom is 0.258 e. The maximum atomic E-state index is 13.3. The predicted octanol–water partition coefficient (Wildman–Crippen LogP) is 6.09. The molecule has 0 radical (unpaired) electrons. The van der Waals surface area contributed by atoms with E-state index in [4.69, 9.17) is 9.98 Å². The number of anilines is 1. The summed E-state index contributed by atoms with van der Waals surface area (Å²) in [7, 11) is 2.14. The molecule has 1 saturated heterocycles. The first-order valence-corrected chi connectivity index (χ1v) is 13.4. The third-order valence-electron chi connectivity index (χ3n) is 7.67. The molecule has 198 valence electrons. The monoisotopic (exact) mass is 501 g/mol. The fourth-order valence-electron chi connectivity index (χ4n) is 6.25. The zero-order valence-electron chi connectivity index (χ0n) is 24.1. The van der Waals surface area contributed by atoms with Gasteiger partial charge in [-0.3, -0.25) is 14.2 Å². The predicted molar refractivity (Wildman–Crippen MR) is 157 cm³/mol. The molecular formula is C31H43N5O. The lowest BCUT2D eigenvalue weighted by atomic mass is 9.79. The second-order valence-corrected chi connectivity index (χ2v) is 12.3. The Labute approximate surface area is 221 Å². The smallest absolute Gasteiger partial charge is 0.258 e. The van der Waals surface area contributed by atoms with Crippen molar-refractivity contribution in [3.05, 3.63) is 69.9 Å². The largest absolute Gasteiger partial charge is 0.370 e. The molecule has 1 fully saturated rings. The number of aryl methyl sites for hydroxylation is 1. The Hall–Kier alpha value is -2.99. The number of nitrogens with zero attached hydrogens (tertiary/aromatic N) is 4. The van der Waals surface area contributed by atoms with Gasteiger partial charge in [0.25, 0.3) is 5.56 Å². The zero-order valence-corrected chi connectivity index (χ0v) is 24.1. The van der Waals surface area contributed by atoms with Crippen LogP contribution in [-0.4, -0.2) is 39.3 Å². The number of aliphatic imine (C=N–C) groups is 1. The molecule has 0 spiro atoms. The van der Waals surface area contributed by atoms with E-state index in [1.807, 2.05) is 26.1 Å². The molecule has 2 aromatic rings. The fourth-order valence-corrected chi connectivity index (χ4v) is 6.25. The standard InChI is InChI=1S/C31H43N5O/c1-11-26-25(19(2)12-22(5)32-26)14-20(3)27-15-28(37)36-18-23(13-21(4)29(36)33-27)35(10)24-16-30(6,7)34-31(8,9)17-24/h12-15,18-19,24,34H,3,11,16-17H2,1-2,4-10H3/b25-14+. The molecule has 0 bridgehead atoms. The number of pyridine rings is 1. The highest BCUT2D eigenvalue weighted by atomic mass is 16.1. The highest BCUT2D eigenvalue weighted by Gasteiger charge is 2.39. The molecule has 0 saturated carbocycles. The summed E-state index contributed by atoms with van der Waals surface area (Å²) in [6, 6.07) is 4.11. The molecule has 2 aromatic heterocycles. The molecule has 0 amide bonds. The van der Waals surface area contributed by atoms with Crippen LogP contribution in [0.25, 0.3) is 11.2 Å². The minimum absolute atomic E-state index is 0.0431. The molecule has 6 nitrogen and oxygen atoms in total. The van der Waals surface area contributed by atoms with Crippen LogP contribution in [0.2, 0.25) is 0 Å². The fraction of sp³-hybridized carbons (Fsp3) is 0.516. The Morgan fingerprint density at radius 1 is 1.22 bits per heavy atom. The quantitative estimate of drug-likeness (QED) is 0.538. The van der Waals surface area contributed by atoms with E-state index in [-0.39, 0.29) is 22.6 Å². The van der Waals surface area contributed by atoms with Gasteiger partial charge in [0.05, 0.1) is 11.4 Å². The van der Waals surface area contributed by atoms with Crippen molar-refractivity contribution in [2.45, 2.75) is 91.8 Å². The van der Waals surface area contributed by atoms with Crippen LogP contribution < -0.4 is 15.8 Å². The van der Waals surface area contributed by atoms with E-state index in [0.717, 1.165) is 53.1 Å². The highest BCUT2D eigenvalue weighted by molar-refractivity contribution is 6.04. The van der Waals surface area contributed by atoms with E-state index < -0.39 is 0 Å². The van der Waals surface area contributed by atoms with Crippen LogP contribution in [0.5, 0.6) is 0 Å². The molecule has 1 N–H and O–H groups in total. The van der Waals surface area contributed by atoms with Gasteiger partial charge in [-0.15, -0.1) is 0 Å². The van der Waals surface area contributed by atoms with Gasteiger partial charge in [-0.2, -0.15) is 0 Å². The van der Waals surface area contributed by atoms with Crippen LogP contribution >= 0.6 is 0 Å². The molecule has 1 unspecified atom stereocenters. The van der Waals surface area contributed by atoms with Crippen molar-refractivity contribution in [2.75, 3.05) is 11.9 Å². The zero-order chi connectivity index (χ0) is 27.3. The van der Waals surface area contributed by atoms with Crippen LogP contribution in [0.15, 0.2) is 58.1 Å². The molecule has 0 aliphatic carbocycles. The Morgan fingerprint density at radius 3 is 2.49 bits per heavy atom.